The van der Waals surface area contributed by atoms with Crippen LogP contribution >= 0.6 is 0 Å². The maximum atomic E-state index is 10.8. The molecule has 1 saturated heterocycles. The van der Waals surface area contributed by atoms with Gasteiger partial charge in [-0.05, 0) is 6.07 Å². The average Bonchev–Trinajstić information content (AvgIpc) is 2.39. The van der Waals surface area contributed by atoms with Crippen LogP contribution in [0.15, 0.2) is 18.2 Å². The Kier molecular flexibility index (Phi) is 3.99. The lowest BCUT2D eigenvalue weighted by atomic mass is 10.1. The van der Waals surface area contributed by atoms with Gasteiger partial charge in [-0.1, -0.05) is 0 Å². The van der Waals surface area contributed by atoms with E-state index < -0.39 is 4.92 Å². The van der Waals surface area contributed by atoms with Crippen LogP contribution in [0.5, 0.6) is 11.5 Å². The molecule has 6 heteroatoms. The lowest BCUT2D eigenvalue weighted by Crippen LogP contribution is -2.25. The van der Waals surface area contributed by atoms with Crippen LogP contribution in [-0.2, 0) is 4.74 Å². The number of ether oxygens (including phenoxy) is 3. The van der Waals surface area contributed by atoms with Crippen molar-refractivity contribution < 1.29 is 19.1 Å². The van der Waals surface area contributed by atoms with Crippen LogP contribution in [0.1, 0.15) is 12.8 Å². The van der Waals surface area contributed by atoms with Gasteiger partial charge in [0.1, 0.15) is 11.9 Å². The molecule has 0 atom stereocenters. The molecule has 0 amide bonds. The predicted octanol–water partition coefficient (Wildman–Crippen LogP) is 2.16. The largest absolute Gasteiger partial charge is 0.490 e. The molecular weight excluding hydrogens is 238 g/mol. The van der Waals surface area contributed by atoms with E-state index in [-0.39, 0.29) is 17.5 Å². The zero-order chi connectivity index (χ0) is 13.0. The molecule has 0 spiro atoms. The fourth-order valence-corrected chi connectivity index (χ4v) is 1.87. The molecule has 0 aromatic heterocycles. The number of nitro benzene ring substituents is 1. The Balaban J connectivity index is 2.11. The lowest BCUT2D eigenvalue weighted by molar-refractivity contribution is -0.385. The second-order valence-corrected chi connectivity index (χ2v) is 4.02. The summed E-state index contributed by atoms with van der Waals surface area (Å²) in [5.74, 6) is 0.800. The van der Waals surface area contributed by atoms with E-state index in [2.05, 4.69) is 0 Å². The number of hydrogen-bond donors (Lipinski definition) is 0. The van der Waals surface area contributed by atoms with E-state index in [0.29, 0.717) is 19.0 Å². The predicted molar refractivity (Wildman–Crippen MR) is 64.1 cm³/mol. The molecule has 18 heavy (non-hydrogen) atoms. The molecule has 1 aromatic rings. The Morgan fingerprint density at radius 2 is 2.11 bits per heavy atom. The molecule has 0 unspecified atom stereocenters. The first kappa shape index (κ1) is 12.6. The summed E-state index contributed by atoms with van der Waals surface area (Å²) in [7, 11) is 1.40. The Hall–Kier alpha value is -1.82. The van der Waals surface area contributed by atoms with Crippen LogP contribution in [0.25, 0.3) is 0 Å². The second-order valence-electron chi connectivity index (χ2n) is 4.02. The fraction of sp³-hybridized carbons (Fsp3) is 0.500. The van der Waals surface area contributed by atoms with Gasteiger partial charge >= 0.3 is 5.69 Å². The minimum atomic E-state index is -0.475. The van der Waals surface area contributed by atoms with Crippen molar-refractivity contribution in [3.8, 4) is 11.5 Å². The highest BCUT2D eigenvalue weighted by Crippen LogP contribution is 2.31. The number of hydrogen-bond acceptors (Lipinski definition) is 5. The maximum Gasteiger partial charge on any atom is 0.311 e. The standard InChI is InChI=1S/C12H15NO5/c1-16-12-8-10(2-3-11(12)13(14)15)18-9-4-6-17-7-5-9/h2-3,8-9H,4-7H2,1H3. The van der Waals surface area contributed by atoms with Crippen molar-refractivity contribution in [2.75, 3.05) is 20.3 Å². The van der Waals surface area contributed by atoms with E-state index in [4.69, 9.17) is 14.2 Å². The molecular formula is C12H15NO5. The molecule has 1 fully saturated rings. The number of nitrogens with zero attached hydrogens (tertiary/aromatic N) is 1. The summed E-state index contributed by atoms with van der Waals surface area (Å²) < 4.78 is 16.0. The SMILES string of the molecule is COc1cc(OC2CCOCC2)ccc1[N+](=O)[O-]. The Morgan fingerprint density at radius 1 is 1.39 bits per heavy atom. The molecule has 1 aliphatic rings. The molecule has 0 saturated carbocycles. The number of methoxy groups -OCH3 is 1. The summed E-state index contributed by atoms with van der Waals surface area (Å²) in [6, 6.07) is 4.54. The van der Waals surface area contributed by atoms with Gasteiger partial charge in [-0.2, -0.15) is 0 Å². The van der Waals surface area contributed by atoms with Crippen LogP contribution < -0.4 is 9.47 Å². The smallest absolute Gasteiger partial charge is 0.311 e. The van der Waals surface area contributed by atoms with Crippen molar-refractivity contribution in [2.45, 2.75) is 18.9 Å². The summed E-state index contributed by atoms with van der Waals surface area (Å²) in [6.07, 6.45) is 1.77. The first-order valence-electron chi connectivity index (χ1n) is 5.77. The molecule has 1 aliphatic heterocycles. The highest BCUT2D eigenvalue weighted by molar-refractivity contribution is 5.50. The van der Waals surface area contributed by atoms with Crippen molar-refractivity contribution in [2.24, 2.45) is 0 Å². The summed E-state index contributed by atoms with van der Waals surface area (Å²) in [5.41, 5.74) is -0.0585. The van der Waals surface area contributed by atoms with Crippen LogP contribution in [0.4, 0.5) is 5.69 Å². The van der Waals surface area contributed by atoms with Gasteiger partial charge in [-0.3, -0.25) is 10.1 Å². The van der Waals surface area contributed by atoms with Gasteiger partial charge in [-0.15, -0.1) is 0 Å². The Labute approximate surface area is 105 Å². The van der Waals surface area contributed by atoms with Gasteiger partial charge in [0.15, 0.2) is 0 Å². The normalized spacial score (nSPS) is 16.3. The molecule has 6 nitrogen and oxygen atoms in total. The van der Waals surface area contributed by atoms with Crippen molar-refractivity contribution in [1.82, 2.24) is 0 Å². The third-order valence-corrected chi connectivity index (χ3v) is 2.82. The highest BCUT2D eigenvalue weighted by Gasteiger charge is 2.19. The first-order valence-corrected chi connectivity index (χ1v) is 5.77. The zero-order valence-corrected chi connectivity index (χ0v) is 10.1. The second kappa shape index (κ2) is 5.68. The molecule has 98 valence electrons. The molecule has 0 aliphatic carbocycles. The van der Waals surface area contributed by atoms with Crippen LogP contribution in [-0.4, -0.2) is 31.4 Å². The van der Waals surface area contributed by atoms with Crippen molar-refractivity contribution in [1.29, 1.82) is 0 Å². The van der Waals surface area contributed by atoms with Crippen LogP contribution in [0, 0.1) is 10.1 Å². The molecule has 2 rings (SSSR count). The van der Waals surface area contributed by atoms with E-state index in [0.717, 1.165) is 12.8 Å². The van der Waals surface area contributed by atoms with Gasteiger partial charge in [-0.25, -0.2) is 0 Å². The Morgan fingerprint density at radius 3 is 2.72 bits per heavy atom. The van der Waals surface area contributed by atoms with E-state index in [9.17, 15) is 10.1 Å². The quantitative estimate of drug-likeness (QED) is 0.607. The lowest BCUT2D eigenvalue weighted by Gasteiger charge is -2.23. The van der Waals surface area contributed by atoms with Gasteiger partial charge < -0.3 is 14.2 Å². The van der Waals surface area contributed by atoms with E-state index in [1.165, 1.54) is 13.2 Å². The fourth-order valence-electron chi connectivity index (χ4n) is 1.87. The minimum Gasteiger partial charge on any atom is -0.490 e. The summed E-state index contributed by atoms with van der Waals surface area (Å²) in [5, 5.41) is 10.8. The zero-order valence-electron chi connectivity index (χ0n) is 10.1. The highest BCUT2D eigenvalue weighted by atomic mass is 16.6. The minimum absolute atomic E-state index is 0.0585. The number of rotatable bonds is 4. The summed E-state index contributed by atoms with van der Waals surface area (Å²) in [4.78, 5) is 10.3. The monoisotopic (exact) mass is 253 g/mol. The van der Waals surface area contributed by atoms with Crippen molar-refractivity contribution in [3.63, 3.8) is 0 Å². The first-order chi connectivity index (χ1) is 8.70. The molecule has 0 N–H and O–H groups in total. The van der Waals surface area contributed by atoms with Crippen LogP contribution in [0.2, 0.25) is 0 Å². The summed E-state index contributed by atoms with van der Waals surface area (Å²) >= 11 is 0. The molecule has 1 heterocycles. The molecule has 0 bridgehead atoms. The van der Waals surface area contributed by atoms with Gasteiger partial charge in [0.25, 0.3) is 0 Å². The van der Waals surface area contributed by atoms with Gasteiger partial charge in [0.2, 0.25) is 5.75 Å². The van der Waals surface area contributed by atoms with Crippen molar-refractivity contribution >= 4 is 5.69 Å². The number of benzene rings is 1. The third kappa shape index (κ3) is 2.89. The third-order valence-electron chi connectivity index (χ3n) is 2.82. The maximum absolute atomic E-state index is 10.8. The van der Waals surface area contributed by atoms with E-state index in [1.807, 2.05) is 0 Å². The average molecular weight is 253 g/mol. The topological polar surface area (TPSA) is 70.8 Å². The number of nitro groups is 1. The van der Waals surface area contributed by atoms with E-state index in [1.54, 1.807) is 12.1 Å². The summed E-state index contributed by atoms with van der Waals surface area (Å²) in [6.45, 7) is 1.38. The molecule has 0 radical (unpaired) electrons. The molecule has 1 aromatic carbocycles. The van der Waals surface area contributed by atoms with Gasteiger partial charge in [0.05, 0.1) is 25.2 Å². The Bertz CT molecular complexity index is 428. The van der Waals surface area contributed by atoms with Gasteiger partial charge in [0, 0.05) is 25.0 Å². The van der Waals surface area contributed by atoms with Crippen molar-refractivity contribution in [3.05, 3.63) is 28.3 Å². The van der Waals surface area contributed by atoms with Crippen LogP contribution in [0.3, 0.4) is 0 Å². The van der Waals surface area contributed by atoms with E-state index >= 15 is 0 Å².